The smallest absolute Gasteiger partial charge is 0.305 e. The third kappa shape index (κ3) is 5.77. The zero-order chi connectivity index (χ0) is 15.8. The van der Waals surface area contributed by atoms with E-state index in [0.717, 1.165) is 0 Å². The first-order chi connectivity index (χ1) is 9.91. The number of benzene rings is 1. The number of carbonyl (C=O) groups is 3. The van der Waals surface area contributed by atoms with Crippen molar-refractivity contribution in [3.63, 3.8) is 0 Å². The highest BCUT2D eigenvalue weighted by Gasteiger charge is 2.19. The monoisotopic (exact) mass is 291 g/mol. The van der Waals surface area contributed by atoms with Gasteiger partial charge in [-0.05, 0) is 13.8 Å². The fourth-order valence-electron chi connectivity index (χ4n) is 2.02. The summed E-state index contributed by atoms with van der Waals surface area (Å²) in [7, 11) is 0. The van der Waals surface area contributed by atoms with Gasteiger partial charge >= 0.3 is 5.97 Å². The van der Waals surface area contributed by atoms with Crippen LogP contribution in [0, 0.1) is 0 Å². The van der Waals surface area contributed by atoms with E-state index in [4.69, 9.17) is 5.11 Å². The predicted molar refractivity (Wildman–Crippen MR) is 79.1 cm³/mol. The first-order valence-corrected chi connectivity index (χ1v) is 7.01. The Kier molecular flexibility index (Phi) is 6.59. The van der Waals surface area contributed by atoms with Crippen molar-refractivity contribution in [3.05, 3.63) is 35.9 Å². The molecular weight excluding hydrogens is 270 g/mol. The molecule has 21 heavy (non-hydrogen) atoms. The molecule has 0 aliphatic carbocycles. The lowest BCUT2D eigenvalue weighted by Crippen LogP contribution is -2.38. The molecule has 0 bridgehead atoms. The Labute approximate surface area is 124 Å². The van der Waals surface area contributed by atoms with Gasteiger partial charge in [0.1, 0.15) is 0 Å². The molecule has 1 N–H and O–H groups in total. The molecule has 5 nitrogen and oxygen atoms in total. The summed E-state index contributed by atoms with van der Waals surface area (Å²) in [4.78, 5) is 36.2. The molecular formula is C16H21NO4. The molecule has 1 rings (SSSR count). The predicted octanol–water partition coefficient (Wildman–Crippen LogP) is 2.36. The first kappa shape index (κ1) is 16.9. The molecule has 0 unspecified atom stereocenters. The third-order valence-corrected chi connectivity index (χ3v) is 3.17. The van der Waals surface area contributed by atoms with E-state index in [1.807, 2.05) is 19.9 Å². The molecule has 0 saturated heterocycles. The molecule has 0 aromatic heterocycles. The van der Waals surface area contributed by atoms with Gasteiger partial charge in [0.25, 0.3) is 0 Å². The maximum Gasteiger partial charge on any atom is 0.305 e. The Balaban J connectivity index is 2.53. The largest absolute Gasteiger partial charge is 0.481 e. The second kappa shape index (κ2) is 8.19. The number of Topliss-reactive ketones (excluding diaryl/α,β-unsaturated/α-hetero) is 1. The molecule has 0 heterocycles. The molecule has 0 aliphatic heterocycles. The van der Waals surface area contributed by atoms with Crippen LogP contribution in [0.4, 0.5) is 0 Å². The molecule has 5 heteroatoms. The van der Waals surface area contributed by atoms with Gasteiger partial charge in [0.2, 0.25) is 5.91 Å². The van der Waals surface area contributed by atoms with Gasteiger partial charge in [0, 0.05) is 31.0 Å². The van der Waals surface area contributed by atoms with Crippen molar-refractivity contribution >= 4 is 17.7 Å². The third-order valence-electron chi connectivity index (χ3n) is 3.17. The van der Waals surface area contributed by atoms with E-state index in [-0.39, 0.29) is 43.5 Å². The number of rotatable bonds is 8. The quantitative estimate of drug-likeness (QED) is 0.746. The van der Waals surface area contributed by atoms with E-state index in [2.05, 4.69) is 0 Å². The van der Waals surface area contributed by atoms with Crippen molar-refractivity contribution in [2.45, 2.75) is 39.2 Å². The number of carboxylic acid groups (broad SMARTS) is 1. The van der Waals surface area contributed by atoms with Crippen LogP contribution in [0.15, 0.2) is 30.3 Å². The highest BCUT2D eigenvalue weighted by molar-refractivity contribution is 5.97. The Morgan fingerprint density at radius 2 is 1.67 bits per heavy atom. The SMILES string of the molecule is CC(C)N(CCC(=O)O)C(=O)CCC(=O)c1ccccc1. The molecule has 1 aromatic carbocycles. The Bertz CT molecular complexity index is 496. The minimum absolute atomic E-state index is 0.0779. The number of hydrogen-bond acceptors (Lipinski definition) is 3. The fraction of sp³-hybridized carbons (Fsp3) is 0.438. The maximum atomic E-state index is 12.1. The van der Waals surface area contributed by atoms with Crippen molar-refractivity contribution < 1.29 is 19.5 Å². The first-order valence-electron chi connectivity index (χ1n) is 7.01. The topological polar surface area (TPSA) is 74.7 Å². The van der Waals surface area contributed by atoms with Crippen LogP contribution >= 0.6 is 0 Å². The summed E-state index contributed by atoms with van der Waals surface area (Å²) in [6, 6.07) is 8.75. The second-order valence-corrected chi connectivity index (χ2v) is 5.11. The minimum atomic E-state index is -0.936. The summed E-state index contributed by atoms with van der Waals surface area (Å²) >= 11 is 0. The maximum absolute atomic E-state index is 12.1. The normalized spacial score (nSPS) is 10.4. The van der Waals surface area contributed by atoms with Gasteiger partial charge in [-0.3, -0.25) is 14.4 Å². The molecule has 0 spiro atoms. The Morgan fingerprint density at radius 3 is 2.19 bits per heavy atom. The molecule has 0 fully saturated rings. The average Bonchev–Trinajstić information content (AvgIpc) is 2.45. The standard InChI is InChI=1S/C16H21NO4/c1-12(2)17(11-10-16(20)21)15(19)9-8-14(18)13-6-4-3-5-7-13/h3-7,12H,8-11H2,1-2H3,(H,20,21). The van der Waals surface area contributed by atoms with Crippen LogP contribution in [-0.4, -0.2) is 40.3 Å². The zero-order valence-corrected chi connectivity index (χ0v) is 12.4. The lowest BCUT2D eigenvalue weighted by molar-refractivity contribution is -0.139. The number of amides is 1. The van der Waals surface area contributed by atoms with Crippen molar-refractivity contribution in [1.82, 2.24) is 4.90 Å². The molecule has 0 saturated carbocycles. The van der Waals surface area contributed by atoms with E-state index in [1.165, 1.54) is 4.90 Å². The number of ketones is 1. The molecule has 0 aliphatic rings. The number of nitrogens with zero attached hydrogens (tertiary/aromatic N) is 1. The van der Waals surface area contributed by atoms with Crippen molar-refractivity contribution in [1.29, 1.82) is 0 Å². The Hall–Kier alpha value is -2.17. The summed E-state index contributed by atoms with van der Waals surface area (Å²) < 4.78 is 0. The highest BCUT2D eigenvalue weighted by Crippen LogP contribution is 2.09. The summed E-state index contributed by atoms with van der Waals surface area (Å²) in [5.74, 6) is -1.20. The van der Waals surface area contributed by atoms with Crippen molar-refractivity contribution in [2.75, 3.05) is 6.54 Å². The lowest BCUT2D eigenvalue weighted by Gasteiger charge is -2.26. The van der Waals surface area contributed by atoms with Crippen LogP contribution in [0.1, 0.15) is 43.5 Å². The van der Waals surface area contributed by atoms with Crippen LogP contribution in [0.3, 0.4) is 0 Å². The van der Waals surface area contributed by atoms with Crippen molar-refractivity contribution in [3.8, 4) is 0 Å². The summed E-state index contributed by atoms with van der Waals surface area (Å²) in [6.07, 6.45) is 0.154. The molecule has 1 amide bonds. The van der Waals surface area contributed by atoms with Gasteiger partial charge in [0.15, 0.2) is 5.78 Å². The van der Waals surface area contributed by atoms with E-state index in [1.54, 1.807) is 24.3 Å². The zero-order valence-electron chi connectivity index (χ0n) is 12.4. The van der Waals surface area contributed by atoms with Gasteiger partial charge in [-0.25, -0.2) is 0 Å². The van der Waals surface area contributed by atoms with Crippen molar-refractivity contribution in [2.24, 2.45) is 0 Å². The second-order valence-electron chi connectivity index (χ2n) is 5.11. The summed E-state index contributed by atoms with van der Waals surface area (Å²) in [5.41, 5.74) is 0.590. The number of carbonyl (C=O) groups excluding carboxylic acids is 2. The van der Waals surface area contributed by atoms with Crippen LogP contribution < -0.4 is 0 Å². The highest BCUT2D eigenvalue weighted by atomic mass is 16.4. The van der Waals surface area contributed by atoms with E-state index in [0.29, 0.717) is 5.56 Å². The lowest BCUT2D eigenvalue weighted by atomic mass is 10.1. The minimum Gasteiger partial charge on any atom is -0.481 e. The number of hydrogen-bond donors (Lipinski definition) is 1. The van der Waals surface area contributed by atoms with E-state index in [9.17, 15) is 14.4 Å². The van der Waals surface area contributed by atoms with Gasteiger partial charge < -0.3 is 10.0 Å². The number of aliphatic carboxylic acids is 1. The van der Waals surface area contributed by atoms with Crippen LogP contribution in [-0.2, 0) is 9.59 Å². The average molecular weight is 291 g/mol. The Morgan fingerprint density at radius 1 is 1.05 bits per heavy atom. The van der Waals surface area contributed by atoms with Crippen LogP contribution in [0.25, 0.3) is 0 Å². The van der Waals surface area contributed by atoms with Crippen LogP contribution in [0.5, 0.6) is 0 Å². The number of carboxylic acids is 1. The summed E-state index contributed by atoms with van der Waals surface area (Å²) in [6.45, 7) is 3.84. The van der Waals surface area contributed by atoms with Crippen LogP contribution in [0.2, 0.25) is 0 Å². The van der Waals surface area contributed by atoms with Gasteiger partial charge in [-0.2, -0.15) is 0 Å². The van der Waals surface area contributed by atoms with Gasteiger partial charge in [0.05, 0.1) is 6.42 Å². The van der Waals surface area contributed by atoms with Gasteiger partial charge in [-0.1, -0.05) is 30.3 Å². The molecule has 114 valence electrons. The fourth-order valence-corrected chi connectivity index (χ4v) is 2.02. The molecule has 0 radical (unpaired) electrons. The molecule has 0 atom stereocenters. The van der Waals surface area contributed by atoms with E-state index >= 15 is 0 Å². The summed E-state index contributed by atoms with van der Waals surface area (Å²) in [5, 5.41) is 8.70. The van der Waals surface area contributed by atoms with Gasteiger partial charge in [-0.15, -0.1) is 0 Å². The van der Waals surface area contributed by atoms with E-state index < -0.39 is 5.97 Å². The molecule has 1 aromatic rings.